The van der Waals surface area contributed by atoms with Crippen LogP contribution in [0.15, 0.2) is 0 Å². The van der Waals surface area contributed by atoms with Crippen LogP contribution < -0.4 is 5.32 Å². The summed E-state index contributed by atoms with van der Waals surface area (Å²) in [4.78, 5) is 13.1. The fourth-order valence-electron chi connectivity index (χ4n) is 1.95. The van der Waals surface area contributed by atoms with Crippen LogP contribution in [0.5, 0.6) is 0 Å². The molecule has 84 valence electrons. The zero-order chi connectivity index (χ0) is 11.2. The predicted molar refractivity (Wildman–Crippen MR) is 59.1 cm³/mol. The van der Waals surface area contributed by atoms with E-state index in [1.807, 2.05) is 0 Å². The largest absolute Gasteiger partial charge is 0.351 e. The van der Waals surface area contributed by atoms with E-state index < -0.39 is 9.84 Å². The first-order valence-corrected chi connectivity index (χ1v) is 6.98. The molecule has 2 aliphatic heterocycles. The van der Waals surface area contributed by atoms with Crippen LogP contribution in [0.1, 0.15) is 13.3 Å². The van der Waals surface area contributed by atoms with Gasteiger partial charge in [-0.2, -0.15) is 0 Å². The third-order valence-electron chi connectivity index (χ3n) is 2.74. The Balaban J connectivity index is 2.19. The summed E-state index contributed by atoms with van der Waals surface area (Å²) in [7, 11) is -2.98. The number of nitrogens with one attached hydrogen (secondary N) is 1. The Morgan fingerprint density at radius 2 is 2.20 bits per heavy atom. The number of nitrogens with zero attached hydrogens (tertiary/aromatic N) is 1. The van der Waals surface area contributed by atoms with Gasteiger partial charge in [-0.25, -0.2) is 8.42 Å². The number of carbonyl (C=O) groups excluding carboxylic acids is 1. The standard InChI is InChI=1S/C8H12N2O3S2/c1-5-7(11)10(8(14)9-5)6-2-3-15(12,13)4-6/h5-6H,2-4H2,1H3,(H,9,14)/t5-,6-/m0/s1. The van der Waals surface area contributed by atoms with Gasteiger partial charge in [-0.15, -0.1) is 0 Å². The quantitative estimate of drug-likeness (QED) is 0.620. The van der Waals surface area contributed by atoms with Gasteiger partial charge in [0.05, 0.1) is 17.5 Å². The summed E-state index contributed by atoms with van der Waals surface area (Å²) in [5.74, 6) is 0.0632. The van der Waals surface area contributed by atoms with Crippen LogP contribution in [-0.4, -0.2) is 47.9 Å². The van der Waals surface area contributed by atoms with Gasteiger partial charge < -0.3 is 5.32 Å². The minimum Gasteiger partial charge on any atom is -0.351 e. The molecule has 15 heavy (non-hydrogen) atoms. The lowest BCUT2D eigenvalue weighted by Gasteiger charge is -2.21. The highest BCUT2D eigenvalue weighted by Crippen LogP contribution is 2.21. The van der Waals surface area contributed by atoms with Gasteiger partial charge in [-0.3, -0.25) is 9.69 Å². The second-order valence-corrected chi connectivity index (χ2v) is 6.55. The first-order chi connectivity index (χ1) is 6.91. The minimum atomic E-state index is -2.98. The van der Waals surface area contributed by atoms with Crippen LogP contribution >= 0.6 is 12.2 Å². The van der Waals surface area contributed by atoms with Crippen LogP contribution in [0.2, 0.25) is 0 Å². The van der Waals surface area contributed by atoms with Crippen molar-refractivity contribution in [2.75, 3.05) is 11.5 Å². The molecule has 0 spiro atoms. The molecule has 5 nitrogen and oxygen atoms in total. The summed E-state index contributed by atoms with van der Waals surface area (Å²) in [6.45, 7) is 1.72. The van der Waals surface area contributed by atoms with Crippen LogP contribution in [0.25, 0.3) is 0 Å². The van der Waals surface area contributed by atoms with Crippen LogP contribution in [0.3, 0.4) is 0 Å². The molecule has 1 amide bonds. The molecule has 2 fully saturated rings. The summed E-state index contributed by atoms with van der Waals surface area (Å²) in [6.07, 6.45) is 0.489. The molecule has 7 heteroatoms. The van der Waals surface area contributed by atoms with Gasteiger partial charge in [-0.05, 0) is 25.6 Å². The highest BCUT2D eigenvalue weighted by Gasteiger charge is 2.41. The first-order valence-electron chi connectivity index (χ1n) is 4.75. The summed E-state index contributed by atoms with van der Waals surface area (Å²) >= 11 is 5.01. The Hall–Kier alpha value is -0.690. The van der Waals surface area contributed by atoms with Gasteiger partial charge in [0.25, 0.3) is 5.91 Å². The molecule has 2 rings (SSSR count). The molecule has 0 aromatic carbocycles. The van der Waals surface area contributed by atoms with E-state index in [4.69, 9.17) is 12.2 Å². The third kappa shape index (κ3) is 1.85. The van der Waals surface area contributed by atoms with Gasteiger partial charge in [0, 0.05) is 0 Å². The molecule has 0 aromatic rings. The Morgan fingerprint density at radius 3 is 2.60 bits per heavy atom. The Morgan fingerprint density at radius 1 is 1.53 bits per heavy atom. The number of amides is 1. The Labute approximate surface area is 93.7 Å². The topological polar surface area (TPSA) is 66.5 Å². The van der Waals surface area contributed by atoms with E-state index in [-0.39, 0.29) is 29.5 Å². The fourth-order valence-corrected chi connectivity index (χ4v) is 4.07. The summed E-state index contributed by atoms with van der Waals surface area (Å²) in [5, 5.41) is 3.19. The molecule has 0 radical (unpaired) electrons. The van der Waals surface area contributed by atoms with Crippen LogP contribution in [0.4, 0.5) is 0 Å². The average molecular weight is 248 g/mol. The van der Waals surface area contributed by atoms with E-state index in [0.717, 1.165) is 0 Å². The molecule has 2 atom stereocenters. The zero-order valence-electron chi connectivity index (χ0n) is 8.26. The molecular formula is C8H12N2O3S2. The molecule has 2 aliphatic rings. The maximum absolute atomic E-state index is 11.7. The minimum absolute atomic E-state index is 0.0350. The van der Waals surface area contributed by atoms with Gasteiger partial charge in [0.1, 0.15) is 6.04 Å². The van der Waals surface area contributed by atoms with E-state index in [2.05, 4.69) is 5.32 Å². The number of carbonyl (C=O) groups is 1. The SMILES string of the molecule is C[C@@H]1NC(=S)N([C@H]2CCS(=O)(=O)C2)C1=O. The van der Waals surface area contributed by atoms with E-state index in [0.29, 0.717) is 11.5 Å². The van der Waals surface area contributed by atoms with Crippen molar-refractivity contribution in [2.24, 2.45) is 0 Å². The van der Waals surface area contributed by atoms with E-state index >= 15 is 0 Å². The smallest absolute Gasteiger partial charge is 0.251 e. The fraction of sp³-hybridized carbons (Fsp3) is 0.750. The number of hydrogen-bond acceptors (Lipinski definition) is 4. The molecule has 1 N–H and O–H groups in total. The van der Waals surface area contributed by atoms with Crippen molar-refractivity contribution in [1.29, 1.82) is 0 Å². The number of sulfone groups is 1. The Kier molecular flexibility index (Phi) is 2.46. The second-order valence-electron chi connectivity index (χ2n) is 3.94. The third-order valence-corrected chi connectivity index (χ3v) is 4.81. The predicted octanol–water partition coefficient (Wildman–Crippen LogP) is -0.721. The van der Waals surface area contributed by atoms with Crippen molar-refractivity contribution in [1.82, 2.24) is 10.2 Å². The first kappa shape index (κ1) is 10.8. The van der Waals surface area contributed by atoms with Crippen LogP contribution in [-0.2, 0) is 14.6 Å². The molecule has 2 saturated heterocycles. The maximum Gasteiger partial charge on any atom is 0.251 e. The lowest BCUT2D eigenvalue weighted by atomic mass is 10.2. The maximum atomic E-state index is 11.7. The van der Waals surface area contributed by atoms with Crippen LogP contribution in [0, 0.1) is 0 Å². The van der Waals surface area contributed by atoms with Gasteiger partial charge in [0.2, 0.25) is 0 Å². The monoisotopic (exact) mass is 248 g/mol. The number of hydrogen-bond donors (Lipinski definition) is 1. The average Bonchev–Trinajstić information content (AvgIpc) is 2.56. The Bertz CT molecular complexity index is 418. The van der Waals surface area contributed by atoms with Crippen molar-refractivity contribution in [3.8, 4) is 0 Å². The summed E-state index contributed by atoms with van der Waals surface area (Å²) in [6, 6.07) is -0.603. The molecule has 0 aromatic heterocycles. The lowest BCUT2D eigenvalue weighted by molar-refractivity contribution is -0.127. The summed E-state index contributed by atoms with van der Waals surface area (Å²) in [5.41, 5.74) is 0. The van der Waals surface area contributed by atoms with Crippen molar-refractivity contribution in [3.05, 3.63) is 0 Å². The normalized spacial score (nSPS) is 34.6. The zero-order valence-corrected chi connectivity index (χ0v) is 9.90. The lowest BCUT2D eigenvalue weighted by Crippen LogP contribution is -2.41. The molecule has 2 heterocycles. The highest BCUT2D eigenvalue weighted by molar-refractivity contribution is 7.91. The van der Waals surface area contributed by atoms with Gasteiger partial charge in [-0.1, -0.05) is 0 Å². The van der Waals surface area contributed by atoms with E-state index in [1.54, 1.807) is 6.92 Å². The highest BCUT2D eigenvalue weighted by atomic mass is 32.2. The van der Waals surface area contributed by atoms with Crippen molar-refractivity contribution >= 4 is 33.1 Å². The van der Waals surface area contributed by atoms with E-state index in [1.165, 1.54) is 4.90 Å². The molecule has 0 saturated carbocycles. The van der Waals surface area contributed by atoms with E-state index in [9.17, 15) is 13.2 Å². The van der Waals surface area contributed by atoms with Crippen molar-refractivity contribution < 1.29 is 13.2 Å². The number of thiocarbonyl (C=S) groups is 1. The molecule has 0 unspecified atom stereocenters. The van der Waals surface area contributed by atoms with Crippen molar-refractivity contribution in [3.63, 3.8) is 0 Å². The van der Waals surface area contributed by atoms with Gasteiger partial charge >= 0.3 is 0 Å². The summed E-state index contributed by atoms with van der Waals surface area (Å²) < 4.78 is 22.6. The molecule has 0 aliphatic carbocycles. The molecular weight excluding hydrogens is 236 g/mol. The van der Waals surface area contributed by atoms with Gasteiger partial charge in [0.15, 0.2) is 14.9 Å². The second kappa shape index (κ2) is 3.41. The molecule has 0 bridgehead atoms. The van der Waals surface area contributed by atoms with Crippen molar-refractivity contribution in [2.45, 2.75) is 25.4 Å². The number of rotatable bonds is 1.